The fraction of sp³-hybridized carbons (Fsp3) is 0.0800. The van der Waals surface area contributed by atoms with Crippen molar-refractivity contribution < 1.29 is 17.6 Å². The van der Waals surface area contributed by atoms with Gasteiger partial charge in [0.2, 0.25) is 0 Å². The van der Waals surface area contributed by atoms with Gasteiger partial charge in [0.05, 0.1) is 16.0 Å². The van der Waals surface area contributed by atoms with Crippen LogP contribution in [0.3, 0.4) is 0 Å². The number of amides is 1. The number of carbonyl (C=O) groups excluding carboxylic acids is 1. The predicted octanol–water partition coefficient (Wildman–Crippen LogP) is 4.38. The second kappa shape index (κ2) is 8.14. The summed E-state index contributed by atoms with van der Waals surface area (Å²) in [6, 6.07) is 19.5. The van der Waals surface area contributed by atoms with E-state index in [1.807, 2.05) is 30.3 Å². The minimum atomic E-state index is -3.26. The number of pyridine rings is 2. The highest BCUT2D eigenvalue weighted by atomic mass is 32.2. The van der Waals surface area contributed by atoms with Crippen molar-refractivity contribution in [1.82, 2.24) is 15.3 Å². The van der Waals surface area contributed by atoms with Gasteiger partial charge in [-0.3, -0.25) is 9.78 Å². The van der Waals surface area contributed by atoms with E-state index in [0.29, 0.717) is 16.8 Å². The molecule has 0 aliphatic rings. The van der Waals surface area contributed by atoms with Crippen LogP contribution in [-0.4, -0.2) is 30.5 Å². The first kappa shape index (κ1) is 20.8. The molecule has 3 heterocycles. The van der Waals surface area contributed by atoms with Crippen molar-refractivity contribution in [2.24, 2.45) is 0 Å². The number of para-hydroxylation sites is 1. The van der Waals surface area contributed by atoms with Gasteiger partial charge in [-0.25, -0.2) is 13.4 Å². The average molecular weight is 458 g/mol. The number of rotatable bonds is 5. The standard InChI is InChI=1S/C25H19N3O4S/c1-33(30,31)19-9-6-16(7-10-19)13-27-25(29)21-11-8-18-14-26-15-20(24(18)28-21)23-12-17-4-2-3-5-22(17)32-23/h2-12,14-15H,13H2,1H3,(H,27,29). The number of hydrogen-bond acceptors (Lipinski definition) is 6. The molecule has 164 valence electrons. The molecule has 0 saturated carbocycles. The Hall–Kier alpha value is -4.04. The van der Waals surface area contributed by atoms with Crippen LogP contribution in [0.2, 0.25) is 0 Å². The first-order valence-corrected chi connectivity index (χ1v) is 12.1. The smallest absolute Gasteiger partial charge is 0.270 e. The molecule has 0 aliphatic heterocycles. The van der Waals surface area contributed by atoms with Crippen molar-refractivity contribution in [2.75, 3.05) is 6.26 Å². The van der Waals surface area contributed by atoms with Crippen molar-refractivity contribution in [3.8, 4) is 11.3 Å². The van der Waals surface area contributed by atoms with Gasteiger partial charge in [0.1, 0.15) is 17.0 Å². The molecule has 5 aromatic rings. The molecule has 8 heteroatoms. The Labute approximate surface area is 190 Å². The minimum Gasteiger partial charge on any atom is -0.456 e. The van der Waals surface area contributed by atoms with Gasteiger partial charge in [-0.15, -0.1) is 0 Å². The van der Waals surface area contributed by atoms with Gasteiger partial charge in [-0.1, -0.05) is 30.3 Å². The summed E-state index contributed by atoms with van der Waals surface area (Å²) in [7, 11) is -3.26. The monoisotopic (exact) mass is 457 g/mol. The molecule has 5 rings (SSSR count). The summed E-state index contributed by atoms with van der Waals surface area (Å²) in [5.74, 6) is 0.293. The van der Waals surface area contributed by atoms with E-state index in [4.69, 9.17) is 4.42 Å². The number of aromatic nitrogens is 2. The first-order chi connectivity index (χ1) is 15.9. The van der Waals surface area contributed by atoms with Gasteiger partial charge in [0, 0.05) is 36.0 Å². The maximum absolute atomic E-state index is 12.8. The number of nitrogens with zero attached hydrogens (tertiary/aromatic N) is 2. The van der Waals surface area contributed by atoms with E-state index in [1.165, 1.54) is 12.1 Å². The SMILES string of the molecule is CS(=O)(=O)c1ccc(CNC(=O)c2ccc3cncc(-c4cc5ccccc5o4)c3n2)cc1. The van der Waals surface area contributed by atoms with Gasteiger partial charge >= 0.3 is 0 Å². The highest BCUT2D eigenvalue weighted by Gasteiger charge is 2.14. The highest BCUT2D eigenvalue weighted by Crippen LogP contribution is 2.31. The maximum atomic E-state index is 12.8. The molecular weight excluding hydrogens is 438 g/mol. The van der Waals surface area contributed by atoms with Crippen LogP contribution in [0.1, 0.15) is 16.1 Å². The molecule has 0 fully saturated rings. The molecule has 1 amide bonds. The predicted molar refractivity (Wildman–Crippen MR) is 125 cm³/mol. The molecule has 0 atom stereocenters. The molecule has 0 aliphatic carbocycles. The first-order valence-electron chi connectivity index (χ1n) is 10.2. The van der Waals surface area contributed by atoms with Crippen molar-refractivity contribution >= 4 is 37.6 Å². The summed E-state index contributed by atoms with van der Waals surface area (Å²) >= 11 is 0. The number of benzene rings is 2. The number of sulfone groups is 1. The van der Waals surface area contributed by atoms with Gasteiger partial charge in [0.15, 0.2) is 9.84 Å². The molecular formula is C25H19N3O4S. The van der Waals surface area contributed by atoms with E-state index in [-0.39, 0.29) is 23.0 Å². The van der Waals surface area contributed by atoms with E-state index in [0.717, 1.165) is 28.2 Å². The number of carbonyl (C=O) groups is 1. The van der Waals surface area contributed by atoms with Crippen molar-refractivity contribution in [3.05, 3.63) is 90.4 Å². The summed E-state index contributed by atoms with van der Waals surface area (Å²) in [5.41, 5.74) is 3.13. The third kappa shape index (κ3) is 4.20. The highest BCUT2D eigenvalue weighted by molar-refractivity contribution is 7.90. The van der Waals surface area contributed by atoms with Crippen LogP contribution in [0, 0.1) is 0 Å². The van der Waals surface area contributed by atoms with Crippen LogP contribution in [0.25, 0.3) is 33.2 Å². The van der Waals surface area contributed by atoms with E-state index in [9.17, 15) is 13.2 Å². The lowest BCUT2D eigenvalue weighted by atomic mass is 10.1. The molecule has 1 N–H and O–H groups in total. The Morgan fingerprint density at radius 1 is 0.970 bits per heavy atom. The largest absolute Gasteiger partial charge is 0.456 e. The normalized spacial score (nSPS) is 11.7. The van der Waals surface area contributed by atoms with Crippen molar-refractivity contribution in [1.29, 1.82) is 0 Å². The lowest BCUT2D eigenvalue weighted by molar-refractivity contribution is 0.0946. The van der Waals surface area contributed by atoms with Gasteiger partial charge in [-0.2, -0.15) is 0 Å². The summed E-state index contributed by atoms with van der Waals surface area (Å²) in [5, 5.41) is 4.59. The summed E-state index contributed by atoms with van der Waals surface area (Å²) in [4.78, 5) is 21.9. The van der Waals surface area contributed by atoms with Crippen LogP contribution in [-0.2, 0) is 16.4 Å². The van der Waals surface area contributed by atoms with E-state index in [1.54, 1.807) is 36.7 Å². The van der Waals surface area contributed by atoms with Gasteiger partial charge in [0.25, 0.3) is 5.91 Å². The lowest BCUT2D eigenvalue weighted by Gasteiger charge is -2.08. The van der Waals surface area contributed by atoms with Gasteiger partial charge < -0.3 is 9.73 Å². The number of hydrogen-bond donors (Lipinski definition) is 1. The van der Waals surface area contributed by atoms with Crippen molar-refractivity contribution in [3.63, 3.8) is 0 Å². The molecule has 0 spiro atoms. The molecule has 33 heavy (non-hydrogen) atoms. The second-order valence-corrected chi connectivity index (χ2v) is 9.72. The Kier molecular flexibility index (Phi) is 5.14. The molecule has 0 bridgehead atoms. The maximum Gasteiger partial charge on any atom is 0.270 e. The third-order valence-electron chi connectivity index (χ3n) is 5.33. The average Bonchev–Trinajstić information content (AvgIpc) is 3.25. The fourth-order valence-electron chi connectivity index (χ4n) is 3.59. The Bertz CT molecular complexity index is 1570. The van der Waals surface area contributed by atoms with E-state index >= 15 is 0 Å². The second-order valence-electron chi connectivity index (χ2n) is 7.70. The van der Waals surface area contributed by atoms with E-state index in [2.05, 4.69) is 15.3 Å². The van der Waals surface area contributed by atoms with Crippen LogP contribution >= 0.6 is 0 Å². The quantitative estimate of drug-likeness (QED) is 0.420. The fourth-order valence-corrected chi connectivity index (χ4v) is 4.22. The van der Waals surface area contributed by atoms with Crippen LogP contribution in [0.4, 0.5) is 0 Å². The van der Waals surface area contributed by atoms with Crippen molar-refractivity contribution in [2.45, 2.75) is 11.4 Å². The number of furan rings is 1. The Morgan fingerprint density at radius 3 is 2.52 bits per heavy atom. The summed E-state index contributed by atoms with van der Waals surface area (Å²) in [6.07, 6.45) is 4.53. The van der Waals surface area contributed by atoms with Crippen LogP contribution < -0.4 is 5.32 Å². The summed E-state index contributed by atoms with van der Waals surface area (Å²) < 4.78 is 29.2. The molecule has 0 saturated heterocycles. The molecule has 7 nitrogen and oxygen atoms in total. The Morgan fingerprint density at radius 2 is 1.76 bits per heavy atom. The van der Waals surface area contributed by atoms with E-state index < -0.39 is 9.84 Å². The van der Waals surface area contributed by atoms with Gasteiger partial charge in [-0.05, 0) is 42.0 Å². The molecule has 0 radical (unpaired) electrons. The zero-order valence-electron chi connectivity index (χ0n) is 17.6. The van der Waals surface area contributed by atoms with Crippen LogP contribution in [0.5, 0.6) is 0 Å². The third-order valence-corrected chi connectivity index (χ3v) is 6.46. The molecule has 0 unspecified atom stereocenters. The molecule has 2 aromatic carbocycles. The zero-order valence-corrected chi connectivity index (χ0v) is 18.5. The van der Waals surface area contributed by atoms with Crippen LogP contribution in [0.15, 0.2) is 88.4 Å². The number of fused-ring (bicyclic) bond motifs is 2. The lowest BCUT2D eigenvalue weighted by Crippen LogP contribution is -2.23. The molecule has 3 aromatic heterocycles. The number of nitrogens with one attached hydrogen (secondary N) is 1. The zero-order chi connectivity index (χ0) is 23.0. The Balaban J connectivity index is 1.41. The summed E-state index contributed by atoms with van der Waals surface area (Å²) in [6.45, 7) is 0.245. The minimum absolute atomic E-state index is 0.237. The topological polar surface area (TPSA) is 102 Å².